The monoisotopic (exact) mass is 420 g/mol. The van der Waals surface area contributed by atoms with Crippen molar-refractivity contribution in [1.29, 1.82) is 0 Å². The molecule has 0 bridgehead atoms. The molecule has 0 fully saturated rings. The molecule has 0 aromatic heterocycles. The van der Waals surface area contributed by atoms with Gasteiger partial charge in [-0.3, -0.25) is 0 Å². The highest BCUT2D eigenvalue weighted by Gasteiger charge is 2.22. The van der Waals surface area contributed by atoms with Crippen LogP contribution in [0.1, 0.15) is 0 Å². The number of ether oxygens (including phenoxy) is 1. The zero-order valence-electron chi connectivity index (χ0n) is 18.0. The smallest absolute Gasteiger partial charge is 0.135 e. The van der Waals surface area contributed by atoms with E-state index in [2.05, 4.69) is 121 Å². The molecule has 0 radical (unpaired) electrons. The summed E-state index contributed by atoms with van der Waals surface area (Å²) in [4.78, 5) is 0. The van der Waals surface area contributed by atoms with E-state index < -0.39 is 0 Å². The maximum atomic E-state index is 6.51. The summed E-state index contributed by atoms with van der Waals surface area (Å²) in [5, 5.41) is 4.91. The molecule has 6 aromatic carbocycles. The minimum absolute atomic E-state index is 0.910. The van der Waals surface area contributed by atoms with Crippen molar-refractivity contribution >= 4 is 21.5 Å². The molecule has 1 aliphatic heterocycles. The first kappa shape index (κ1) is 18.2. The summed E-state index contributed by atoms with van der Waals surface area (Å²) in [6.07, 6.45) is 0. The summed E-state index contributed by atoms with van der Waals surface area (Å²) in [5.41, 5.74) is 7.22. The molecule has 0 aliphatic carbocycles. The average Bonchev–Trinajstić information content (AvgIpc) is 2.89. The van der Waals surface area contributed by atoms with Gasteiger partial charge in [-0.2, -0.15) is 0 Å². The van der Waals surface area contributed by atoms with Crippen molar-refractivity contribution in [2.24, 2.45) is 0 Å². The predicted octanol–water partition coefficient (Wildman–Crippen LogP) is 9.10. The van der Waals surface area contributed by atoms with Gasteiger partial charge < -0.3 is 4.74 Å². The van der Waals surface area contributed by atoms with E-state index in [1.165, 1.54) is 49.4 Å². The zero-order chi connectivity index (χ0) is 21.8. The third-order valence-electron chi connectivity index (χ3n) is 6.68. The van der Waals surface area contributed by atoms with E-state index in [1.807, 2.05) is 0 Å². The standard InChI is InChI=1S/C32H20O/c1-2-8-21(9-3-1)26-18-19-29-27-17-16-23(25-13-6-11-22-10-4-5-12-24(22)25)20-31(27)33-30-15-7-14-28(26)32(29)30/h1-20H. The van der Waals surface area contributed by atoms with Gasteiger partial charge in [-0.15, -0.1) is 0 Å². The van der Waals surface area contributed by atoms with Crippen LogP contribution in [0.2, 0.25) is 0 Å². The van der Waals surface area contributed by atoms with Gasteiger partial charge in [0.25, 0.3) is 0 Å². The quantitative estimate of drug-likeness (QED) is 0.271. The highest BCUT2D eigenvalue weighted by molar-refractivity contribution is 6.10. The highest BCUT2D eigenvalue weighted by atomic mass is 16.5. The van der Waals surface area contributed by atoms with Crippen molar-refractivity contribution in [2.45, 2.75) is 0 Å². The number of hydrogen-bond acceptors (Lipinski definition) is 1. The fraction of sp³-hybridized carbons (Fsp3) is 0. The molecule has 0 N–H and O–H groups in total. The molecule has 0 atom stereocenters. The van der Waals surface area contributed by atoms with Crippen LogP contribution in [-0.4, -0.2) is 0 Å². The molecule has 0 saturated carbocycles. The van der Waals surface area contributed by atoms with E-state index in [-0.39, 0.29) is 0 Å². The largest absolute Gasteiger partial charge is 0.456 e. The van der Waals surface area contributed by atoms with E-state index in [4.69, 9.17) is 4.74 Å². The summed E-state index contributed by atoms with van der Waals surface area (Å²) in [5.74, 6) is 1.83. The minimum atomic E-state index is 0.910. The van der Waals surface area contributed by atoms with Crippen LogP contribution in [-0.2, 0) is 0 Å². The van der Waals surface area contributed by atoms with Gasteiger partial charge in [0.2, 0.25) is 0 Å². The van der Waals surface area contributed by atoms with Crippen LogP contribution >= 0.6 is 0 Å². The van der Waals surface area contributed by atoms with Gasteiger partial charge in [-0.1, -0.05) is 103 Å². The molecule has 7 rings (SSSR count). The number of rotatable bonds is 2. The summed E-state index contributed by atoms with van der Waals surface area (Å²) in [6, 6.07) is 43.0. The third kappa shape index (κ3) is 2.79. The SMILES string of the molecule is c1ccc(-c2ccc3c4c(cccc24)Oc2cc(-c4cccc5ccccc45)ccc2-3)cc1. The van der Waals surface area contributed by atoms with Crippen LogP contribution in [0.4, 0.5) is 0 Å². The summed E-state index contributed by atoms with van der Waals surface area (Å²) < 4.78 is 6.51. The Morgan fingerprint density at radius 1 is 0.394 bits per heavy atom. The molecule has 1 heterocycles. The second kappa shape index (κ2) is 7.08. The van der Waals surface area contributed by atoms with Crippen molar-refractivity contribution in [3.8, 4) is 44.9 Å². The molecule has 1 heteroatoms. The maximum absolute atomic E-state index is 6.51. The third-order valence-corrected chi connectivity index (χ3v) is 6.68. The molecule has 1 nitrogen and oxygen atoms in total. The van der Waals surface area contributed by atoms with Crippen molar-refractivity contribution in [3.63, 3.8) is 0 Å². The maximum Gasteiger partial charge on any atom is 0.135 e. The van der Waals surface area contributed by atoms with Gasteiger partial charge >= 0.3 is 0 Å². The molecular formula is C32H20O. The van der Waals surface area contributed by atoms with Gasteiger partial charge in [0.05, 0.1) is 0 Å². The van der Waals surface area contributed by atoms with E-state index in [1.54, 1.807) is 0 Å². The normalized spacial score (nSPS) is 11.9. The Bertz CT molecular complexity index is 1670. The van der Waals surface area contributed by atoms with Crippen LogP contribution in [0.15, 0.2) is 121 Å². The fourth-order valence-electron chi connectivity index (χ4n) is 5.14. The zero-order valence-corrected chi connectivity index (χ0v) is 18.0. The number of fused-ring (bicyclic) bond motifs is 3. The summed E-state index contributed by atoms with van der Waals surface area (Å²) in [7, 11) is 0. The Kier molecular flexibility index (Phi) is 3.91. The summed E-state index contributed by atoms with van der Waals surface area (Å²) in [6.45, 7) is 0. The molecule has 33 heavy (non-hydrogen) atoms. The Morgan fingerprint density at radius 2 is 1.09 bits per heavy atom. The van der Waals surface area contributed by atoms with Crippen LogP contribution in [0.25, 0.3) is 54.9 Å². The van der Waals surface area contributed by atoms with Crippen molar-refractivity contribution in [3.05, 3.63) is 121 Å². The van der Waals surface area contributed by atoms with Crippen molar-refractivity contribution in [1.82, 2.24) is 0 Å². The van der Waals surface area contributed by atoms with Crippen LogP contribution in [0.3, 0.4) is 0 Å². The van der Waals surface area contributed by atoms with Crippen molar-refractivity contribution in [2.75, 3.05) is 0 Å². The van der Waals surface area contributed by atoms with Crippen LogP contribution < -0.4 is 4.74 Å². The molecule has 154 valence electrons. The molecule has 0 unspecified atom stereocenters. The molecule has 0 amide bonds. The van der Waals surface area contributed by atoms with Crippen LogP contribution in [0, 0.1) is 0 Å². The average molecular weight is 421 g/mol. The Labute approximate surface area is 192 Å². The van der Waals surface area contributed by atoms with Gasteiger partial charge in [0.1, 0.15) is 11.5 Å². The second-order valence-corrected chi connectivity index (χ2v) is 8.55. The van der Waals surface area contributed by atoms with E-state index in [9.17, 15) is 0 Å². The van der Waals surface area contributed by atoms with Gasteiger partial charge in [0.15, 0.2) is 0 Å². The number of benzene rings is 6. The van der Waals surface area contributed by atoms with Gasteiger partial charge in [0, 0.05) is 10.9 Å². The minimum Gasteiger partial charge on any atom is -0.456 e. The predicted molar refractivity (Wildman–Crippen MR) is 138 cm³/mol. The molecule has 0 saturated heterocycles. The first-order valence-electron chi connectivity index (χ1n) is 11.3. The topological polar surface area (TPSA) is 9.23 Å². The van der Waals surface area contributed by atoms with Gasteiger partial charge in [-0.05, 0) is 62.2 Å². The van der Waals surface area contributed by atoms with E-state index >= 15 is 0 Å². The highest BCUT2D eigenvalue weighted by Crippen LogP contribution is 2.49. The van der Waals surface area contributed by atoms with Crippen LogP contribution in [0.5, 0.6) is 11.5 Å². The lowest BCUT2D eigenvalue weighted by molar-refractivity contribution is 0.487. The Morgan fingerprint density at radius 3 is 2.03 bits per heavy atom. The Hall–Kier alpha value is -4.36. The van der Waals surface area contributed by atoms with E-state index in [0.29, 0.717) is 0 Å². The molecule has 6 aromatic rings. The van der Waals surface area contributed by atoms with Gasteiger partial charge in [-0.25, -0.2) is 0 Å². The lowest BCUT2D eigenvalue weighted by Gasteiger charge is -2.23. The first-order chi connectivity index (χ1) is 16.4. The lowest BCUT2D eigenvalue weighted by atomic mass is 9.89. The second-order valence-electron chi connectivity index (χ2n) is 8.55. The lowest BCUT2D eigenvalue weighted by Crippen LogP contribution is -1.98. The molecular weight excluding hydrogens is 400 g/mol. The number of hydrogen-bond donors (Lipinski definition) is 0. The summed E-state index contributed by atoms with van der Waals surface area (Å²) >= 11 is 0. The molecule has 0 spiro atoms. The molecule has 1 aliphatic rings. The van der Waals surface area contributed by atoms with Crippen molar-refractivity contribution < 1.29 is 4.74 Å². The van der Waals surface area contributed by atoms with E-state index in [0.717, 1.165) is 17.1 Å². The first-order valence-corrected chi connectivity index (χ1v) is 11.3. The fourth-order valence-corrected chi connectivity index (χ4v) is 5.14. The Balaban J connectivity index is 1.43.